The van der Waals surface area contributed by atoms with Crippen LogP contribution < -0.4 is 0 Å². The molecule has 3 rings (SSSR count). The summed E-state index contributed by atoms with van der Waals surface area (Å²) in [5.41, 5.74) is 3.94. The molecule has 0 saturated heterocycles. The van der Waals surface area contributed by atoms with Crippen molar-refractivity contribution in [1.29, 1.82) is 0 Å². The number of aldehydes is 1. The molecule has 1 aromatic rings. The first kappa shape index (κ1) is 11.0. The van der Waals surface area contributed by atoms with E-state index in [9.17, 15) is 4.79 Å². The Hall–Kier alpha value is -1.08. The molecular weight excluding hydrogens is 232 g/mol. The molecule has 0 unspecified atom stereocenters. The molecule has 0 atom stereocenters. The van der Waals surface area contributed by atoms with Crippen molar-refractivity contribution in [2.45, 2.75) is 32.1 Å². The first-order valence-corrected chi connectivity index (χ1v) is 6.53. The topological polar surface area (TPSA) is 17.1 Å². The lowest BCUT2D eigenvalue weighted by Gasteiger charge is -2.25. The first-order valence-electron chi connectivity index (χ1n) is 6.16. The quantitative estimate of drug-likeness (QED) is 0.713. The summed E-state index contributed by atoms with van der Waals surface area (Å²) in [6, 6.07) is 7.87. The summed E-state index contributed by atoms with van der Waals surface area (Å²) in [5.74, 6) is 0. The number of carbonyl (C=O) groups is 1. The van der Waals surface area contributed by atoms with E-state index in [1.165, 1.54) is 30.4 Å². The van der Waals surface area contributed by atoms with E-state index in [1.807, 2.05) is 24.3 Å². The van der Waals surface area contributed by atoms with Crippen molar-refractivity contribution in [2.24, 2.45) is 5.41 Å². The largest absolute Gasteiger partial charge is 0.298 e. The van der Waals surface area contributed by atoms with E-state index in [1.54, 1.807) is 0 Å². The number of benzene rings is 1. The summed E-state index contributed by atoms with van der Waals surface area (Å²) in [4.78, 5) is 11.2. The van der Waals surface area contributed by atoms with Gasteiger partial charge in [-0.3, -0.25) is 4.79 Å². The van der Waals surface area contributed by atoms with Gasteiger partial charge in [-0.05, 0) is 66.4 Å². The molecule has 0 aromatic heterocycles. The van der Waals surface area contributed by atoms with Crippen molar-refractivity contribution < 1.29 is 4.79 Å². The van der Waals surface area contributed by atoms with Crippen LogP contribution in [0.2, 0.25) is 5.02 Å². The first-order chi connectivity index (χ1) is 8.22. The van der Waals surface area contributed by atoms with Gasteiger partial charge in [-0.25, -0.2) is 0 Å². The van der Waals surface area contributed by atoms with Gasteiger partial charge in [-0.1, -0.05) is 23.7 Å². The summed E-state index contributed by atoms with van der Waals surface area (Å²) in [6.45, 7) is 0. The minimum Gasteiger partial charge on any atom is -0.298 e. The normalized spacial score (nSPS) is 21.7. The fraction of sp³-hybridized carbons (Fsp3) is 0.400. The van der Waals surface area contributed by atoms with Crippen LogP contribution >= 0.6 is 11.6 Å². The van der Waals surface area contributed by atoms with Crippen LogP contribution in [-0.4, -0.2) is 6.29 Å². The number of rotatable bonds is 2. The van der Waals surface area contributed by atoms with Crippen LogP contribution in [0.1, 0.15) is 37.7 Å². The Kier molecular flexibility index (Phi) is 2.59. The number of hydrogen-bond acceptors (Lipinski definition) is 1. The third kappa shape index (κ3) is 2.04. The zero-order valence-electron chi connectivity index (χ0n) is 9.71. The van der Waals surface area contributed by atoms with Gasteiger partial charge >= 0.3 is 0 Å². The highest BCUT2D eigenvalue weighted by molar-refractivity contribution is 6.30. The second kappa shape index (κ2) is 3.99. The molecule has 1 spiro atoms. The highest BCUT2D eigenvalue weighted by atomic mass is 35.5. The van der Waals surface area contributed by atoms with Gasteiger partial charge in [0, 0.05) is 5.02 Å². The molecule has 2 aliphatic carbocycles. The van der Waals surface area contributed by atoms with E-state index in [2.05, 4.69) is 0 Å². The highest BCUT2D eigenvalue weighted by Gasteiger charge is 2.45. The third-order valence-electron chi connectivity index (χ3n) is 4.16. The number of hydrogen-bond donors (Lipinski definition) is 0. The predicted molar refractivity (Wildman–Crippen MR) is 70.0 cm³/mol. The van der Waals surface area contributed by atoms with Crippen LogP contribution in [0.4, 0.5) is 0 Å². The molecule has 1 saturated carbocycles. The fourth-order valence-corrected chi connectivity index (χ4v) is 2.93. The lowest BCUT2D eigenvalue weighted by Crippen LogP contribution is -2.11. The summed E-state index contributed by atoms with van der Waals surface area (Å²) in [7, 11) is 0. The molecule has 17 heavy (non-hydrogen) atoms. The molecule has 88 valence electrons. The number of allylic oxidation sites excluding steroid dienone is 2. The Morgan fingerprint density at radius 1 is 1.12 bits per heavy atom. The molecule has 2 aliphatic rings. The molecule has 0 amide bonds. The maximum Gasteiger partial charge on any atom is 0.146 e. The Bertz CT molecular complexity index is 480. The predicted octanol–water partition coefficient (Wildman–Crippen LogP) is 4.26. The van der Waals surface area contributed by atoms with Gasteiger partial charge in [0.05, 0.1) is 0 Å². The van der Waals surface area contributed by atoms with Crippen molar-refractivity contribution in [3.63, 3.8) is 0 Å². The minimum atomic E-state index is 0.529. The Morgan fingerprint density at radius 2 is 1.82 bits per heavy atom. The lowest BCUT2D eigenvalue weighted by atomic mass is 9.79. The van der Waals surface area contributed by atoms with Gasteiger partial charge in [0.15, 0.2) is 0 Å². The SMILES string of the molecule is O=CC1=C(c2ccc(Cl)cc2)CC2(CC1)CC2. The molecule has 0 aliphatic heterocycles. The van der Waals surface area contributed by atoms with Crippen LogP contribution in [0.15, 0.2) is 29.8 Å². The van der Waals surface area contributed by atoms with Crippen molar-refractivity contribution in [2.75, 3.05) is 0 Å². The second-order valence-electron chi connectivity index (χ2n) is 5.31. The maximum absolute atomic E-state index is 11.2. The van der Waals surface area contributed by atoms with Gasteiger partial charge in [0.2, 0.25) is 0 Å². The lowest BCUT2D eigenvalue weighted by molar-refractivity contribution is -0.105. The van der Waals surface area contributed by atoms with Crippen LogP contribution in [0.3, 0.4) is 0 Å². The summed E-state index contributed by atoms with van der Waals surface area (Å²) in [6.07, 6.45) is 6.91. The van der Waals surface area contributed by atoms with E-state index < -0.39 is 0 Å². The summed E-state index contributed by atoms with van der Waals surface area (Å²) in [5, 5.41) is 0.749. The minimum absolute atomic E-state index is 0.529. The summed E-state index contributed by atoms with van der Waals surface area (Å²) >= 11 is 5.90. The van der Waals surface area contributed by atoms with Crippen LogP contribution in [0.25, 0.3) is 5.57 Å². The van der Waals surface area contributed by atoms with E-state index in [4.69, 9.17) is 11.6 Å². The Labute approximate surface area is 106 Å². The zero-order chi connectivity index (χ0) is 11.9. The average Bonchev–Trinajstić information content (AvgIpc) is 3.10. The molecule has 1 fully saturated rings. The highest BCUT2D eigenvalue weighted by Crippen LogP contribution is 2.58. The third-order valence-corrected chi connectivity index (χ3v) is 4.41. The Morgan fingerprint density at radius 3 is 2.41 bits per heavy atom. The van der Waals surface area contributed by atoms with Crippen molar-refractivity contribution in [3.8, 4) is 0 Å². The Balaban J connectivity index is 1.99. The standard InChI is InChI=1S/C15H15ClO/c16-13-3-1-11(2-4-13)14-9-15(7-8-15)6-5-12(14)10-17/h1-4,10H,5-9H2. The van der Waals surface area contributed by atoms with Gasteiger partial charge in [0.25, 0.3) is 0 Å². The fourth-order valence-electron chi connectivity index (χ4n) is 2.80. The monoisotopic (exact) mass is 246 g/mol. The molecule has 0 bridgehead atoms. The van der Waals surface area contributed by atoms with E-state index in [0.29, 0.717) is 5.41 Å². The molecule has 0 N–H and O–H groups in total. The van der Waals surface area contributed by atoms with E-state index in [-0.39, 0.29) is 0 Å². The molecular formula is C15H15ClO. The van der Waals surface area contributed by atoms with Crippen molar-refractivity contribution in [3.05, 3.63) is 40.4 Å². The number of carbonyl (C=O) groups excluding carboxylic acids is 1. The van der Waals surface area contributed by atoms with Gasteiger partial charge in [-0.2, -0.15) is 0 Å². The van der Waals surface area contributed by atoms with Crippen molar-refractivity contribution in [1.82, 2.24) is 0 Å². The van der Waals surface area contributed by atoms with Gasteiger partial charge in [0.1, 0.15) is 6.29 Å². The van der Waals surface area contributed by atoms with E-state index >= 15 is 0 Å². The molecule has 0 radical (unpaired) electrons. The smallest absolute Gasteiger partial charge is 0.146 e. The maximum atomic E-state index is 11.2. The molecule has 0 heterocycles. The average molecular weight is 247 g/mol. The number of halogens is 1. The second-order valence-corrected chi connectivity index (χ2v) is 5.74. The van der Waals surface area contributed by atoms with Crippen LogP contribution in [0.5, 0.6) is 0 Å². The molecule has 2 heteroatoms. The zero-order valence-corrected chi connectivity index (χ0v) is 10.5. The molecule has 1 aromatic carbocycles. The van der Waals surface area contributed by atoms with Gasteiger partial charge in [-0.15, -0.1) is 0 Å². The molecule has 1 nitrogen and oxygen atoms in total. The van der Waals surface area contributed by atoms with Crippen LogP contribution in [0, 0.1) is 5.41 Å². The van der Waals surface area contributed by atoms with Crippen molar-refractivity contribution >= 4 is 23.5 Å². The summed E-state index contributed by atoms with van der Waals surface area (Å²) < 4.78 is 0. The van der Waals surface area contributed by atoms with Gasteiger partial charge < -0.3 is 0 Å². The van der Waals surface area contributed by atoms with E-state index in [0.717, 1.165) is 29.7 Å². The van der Waals surface area contributed by atoms with Crippen LogP contribution in [-0.2, 0) is 4.79 Å².